The van der Waals surface area contributed by atoms with Crippen LogP contribution in [0.1, 0.15) is 43.6 Å². The van der Waals surface area contributed by atoms with E-state index in [1.54, 1.807) is 11.3 Å². The van der Waals surface area contributed by atoms with E-state index in [0.29, 0.717) is 5.92 Å². The molecular weight excluding hydrogens is 416 g/mol. The van der Waals surface area contributed by atoms with Crippen molar-refractivity contribution in [2.24, 2.45) is 0 Å². The summed E-state index contributed by atoms with van der Waals surface area (Å²) in [5.41, 5.74) is 4.10. The van der Waals surface area contributed by atoms with Crippen molar-refractivity contribution >= 4 is 33.1 Å². The minimum absolute atomic E-state index is 0.0197. The van der Waals surface area contributed by atoms with Crippen LogP contribution in [0.5, 0.6) is 5.75 Å². The number of carbonyl (C=O) groups is 1. The van der Waals surface area contributed by atoms with Gasteiger partial charge in [-0.15, -0.1) is 11.3 Å². The molecule has 1 saturated carbocycles. The van der Waals surface area contributed by atoms with Crippen molar-refractivity contribution in [1.29, 1.82) is 0 Å². The summed E-state index contributed by atoms with van der Waals surface area (Å²) in [5.74, 6) is 1.22. The molecule has 1 N–H and O–H groups in total. The van der Waals surface area contributed by atoms with Crippen molar-refractivity contribution in [1.82, 2.24) is 4.98 Å². The molecular formula is C27H26N2O2S. The van der Waals surface area contributed by atoms with E-state index >= 15 is 0 Å². The molecule has 4 nitrogen and oxygen atoms in total. The number of nitrogens with zero attached hydrogens (tertiary/aromatic N) is 1. The third-order valence-corrected chi connectivity index (χ3v) is 7.10. The number of hydrogen-bond acceptors (Lipinski definition) is 4. The molecule has 1 amide bonds. The van der Waals surface area contributed by atoms with Crippen molar-refractivity contribution in [2.45, 2.75) is 38.0 Å². The van der Waals surface area contributed by atoms with Crippen LogP contribution >= 0.6 is 11.3 Å². The van der Waals surface area contributed by atoms with Crippen LogP contribution in [0, 0.1) is 0 Å². The number of hydrogen-bond donors (Lipinski definition) is 1. The maximum Gasteiger partial charge on any atom is 0.262 e. The number of nitrogens with one attached hydrogen (secondary N) is 1. The molecule has 0 radical (unpaired) electrons. The number of carbonyl (C=O) groups excluding carboxylic acids is 1. The van der Waals surface area contributed by atoms with Crippen LogP contribution in [-0.4, -0.2) is 17.5 Å². The summed E-state index contributed by atoms with van der Waals surface area (Å²) in [6.45, 7) is -0.0197. The van der Waals surface area contributed by atoms with Crippen molar-refractivity contribution in [2.75, 3.05) is 11.9 Å². The van der Waals surface area contributed by atoms with Gasteiger partial charge in [0.25, 0.3) is 5.91 Å². The predicted octanol–water partition coefficient (Wildman–Crippen LogP) is 7.03. The van der Waals surface area contributed by atoms with Crippen LogP contribution in [0.2, 0.25) is 0 Å². The molecule has 0 spiro atoms. The predicted molar refractivity (Wildman–Crippen MR) is 131 cm³/mol. The van der Waals surface area contributed by atoms with E-state index in [4.69, 9.17) is 9.72 Å². The molecule has 0 atom stereocenters. The van der Waals surface area contributed by atoms with Crippen LogP contribution in [0.15, 0.2) is 72.8 Å². The monoisotopic (exact) mass is 442 g/mol. The van der Waals surface area contributed by atoms with E-state index in [1.807, 2.05) is 54.6 Å². The second kappa shape index (κ2) is 9.53. The second-order valence-corrected chi connectivity index (χ2v) is 9.34. The molecule has 1 aliphatic carbocycles. The summed E-state index contributed by atoms with van der Waals surface area (Å²) in [5, 5.41) is 3.87. The van der Waals surface area contributed by atoms with Gasteiger partial charge in [0, 0.05) is 11.3 Å². The van der Waals surface area contributed by atoms with Gasteiger partial charge in [-0.2, -0.15) is 0 Å². The van der Waals surface area contributed by atoms with Gasteiger partial charge in [-0.3, -0.25) is 4.79 Å². The molecule has 3 aromatic carbocycles. The molecule has 1 aromatic heterocycles. The van der Waals surface area contributed by atoms with Gasteiger partial charge in [-0.1, -0.05) is 55.7 Å². The van der Waals surface area contributed by atoms with E-state index < -0.39 is 0 Å². The molecule has 1 aliphatic rings. The normalized spacial score (nSPS) is 14.4. The highest BCUT2D eigenvalue weighted by atomic mass is 32.1. The average Bonchev–Trinajstić information content (AvgIpc) is 3.28. The highest BCUT2D eigenvalue weighted by Gasteiger charge is 2.15. The van der Waals surface area contributed by atoms with Gasteiger partial charge < -0.3 is 10.1 Å². The van der Waals surface area contributed by atoms with E-state index in [0.717, 1.165) is 32.2 Å². The van der Waals surface area contributed by atoms with Crippen LogP contribution in [0.4, 0.5) is 5.69 Å². The van der Waals surface area contributed by atoms with E-state index in [-0.39, 0.29) is 12.5 Å². The Balaban J connectivity index is 1.18. The summed E-state index contributed by atoms with van der Waals surface area (Å²) in [6, 6.07) is 24.1. The molecule has 162 valence electrons. The zero-order chi connectivity index (χ0) is 21.8. The van der Waals surface area contributed by atoms with Crippen LogP contribution in [0.25, 0.3) is 20.8 Å². The standard InChI is InChI=1S/C27H26N2O2S/c30-26(18-31-23-15-13-20(14-16-23)19-7-2-1-3-8-19)28-22-10-6-9-21(17-22)27-29-24-11-4-5-12-25(24)32-27/h4-6,9-17,19H,1-3,7-8,18H2,(H,28,30). The first-order valence-corrected chi connectivity index (χ1v) is 12.0. The number of rotatable bonds is 6. The van der Waals surface area contributed by atoms with Crippen molar-refractivity contribution in [3.05, 3.63) is 78.4 Å². The lowest BCUT2D eigenvalue weighted by Gasteiger charge is -2.22. The van der Waals surface area contributed by atoms with E-state index in [9.17, 15) is 4.79 Å². The number of para-hydroxylation sites is 1. The molecule has 5 heteroatoms. The lowest BCUT2D eigenvalue weighted by molar-refractivity contribution is -0.118. The first-order chi connectivity index (χ1) is 15.7. The first-order valence-electron chi connectivity index (χ1n) is 11.2. The summed E-state index contributed by atoms with van der Waals surface area (Å²) >= 11 is 1.65. The highest BCUT2D eigenvalue weighted by Crippen LogP contribution is 2.33. The highest BCUT2D eigenvalue weighted by molar-refractivity contribution is 7.21. The van der Waals surface area contributed by atoms with E-state index in [2.05, 4.69) is 23.5 Å². The molecule has 4 aromatic rings. The average molecular weight is 443 g/mol. The summed E-state index contributed by atoms with van der Waals surface area (Å²) < 4.78 is 6.87. The third-order valence-electron chi connectivity index (χ3n) is 6.01. The molecule has 1 fully saturated rings. The molecule has 32 heavy (non-hydrogen) atoms. The SMILES string of the molecule is O=C(COc1ccc(C2CCCCC2)cc1)Nc1cccc(-c2nc3ccccc3s2)c1. The zero-order valence-electron chi connectivity index (χ0n) is 17.9. The number of aromatic nitrogens is 1. The van der Waals surface area contributed by atoms with Gasteiger partial charge >= 0.3 is 0 Å². The Morgan fingerprint density at radius 2 is 1.78 bits per heavy atom. The molecule has 0 bridgehead atoms. The van der Waals surface area contributed by atoms with Gasteiger partial charge in [0.05, 0.1) is 10.2 Å². The Morgan fingerprint density at radius 1 is 0.969 bits per heavy atom. The third kappa shape index (κ3) is 4.83. The number of ether oxygens (including phenoxy) is 1. The molecule has 0 saturated heterocycles. The quantitative estimate of drug-likeness (QED) is 0.349. The fourth-order valence-electron chi connectivity index (χ4n) is 4.34. The molecule has 0 aliphatic heterocycles. The molecule has 5 rings (SSSR count). The maximum atomic E-state index is 12.4. The summed E-state index contributed by atoms with van der Waals surface area (Å²) in [7, 11) is 0. The Labute approximate surface area is 192 Å². The van der Waals surface area contributed by atoms with Crippen molar-refractivity contribution < 1.29 is 9.53 Å². The van der Waals surface area contributed by atoms with Gasteiger partial charge in [-0.25, -0.2) is 4.98 Å². The minimum Gasteiger partial charge on any atom is -0.484 e. The Hall–Kier alpha value is -3.18. The number of thiazole rings is 1. The van der Waals surface area contributed by atoms with Gasteiger partial charge in [-0.05, 0) is 60.7 Å². The number of benzene rings is 3. The van der Waals surface area contributed by atoms with Gasteiger partial charge in [0.15, 0.2) is 6.61 Å². The van der Waals surface area contributed by atoms with Crippen LogP contribution in [0.3, 0.4) is 0 Å². The topological polar surface area (TPSA) is 51.2 Å². The lowest BCUT2D eigenvalue weighted by atomic mass is 9.84. The fourth-order valence-corrected chi connectivity index (χ4v) is 5.31. The molecule has 0 unspecified atom stereocenters. The van der Waals surface area contributed by atoms with E-state index in [1.165, 1.54) is 37.7 Å². The van der Waals surface area contributed by atoms with Gasteiger partial charge in [0.1, 0.15) is 10.8 Å². The lowest BCUT2D eigenvalue weighted by Crippen LogP contribution is -2.20. The Bertz CT molecular complexity index is 1180. The fraction of sp³-hybridized carbons (Fsp3) is 0.259. The first kappa shape index (κ1) is 20.7. The number of anilines is 1. The van der Waals surface area contributed by atoms with Crippen molar-refractivity contribution in [3.8, 4) is 16.3 Å². The number of amides is 1. The molecule has 1 heterocycles. The summed E-state index contributed by atoms with van der Waals surface area (Å²) in [4.78, 5) is 17.1. The Kier molecular flexibility index (Phi) is 6.17. The smallest absolute Gasteiger partial charge is 0.262 e. The zero-order valence-corrected chi connectivity index (χ0v) is 18.7. The van der Waals surface area contributed by atoms with Crippen LogP contribution < -0.4 is 10.1 Å². The number of fused-ring (bicyclic) bond motifs is 1. The maximum absolute atomic E-state index is 12.4. The Morgan fingerprint density at radius 3 is 2.59 bits per heavy atom. The largest absolute Gasteiger partial charge is 0.484 e. The van der Waals surface area contributed by atoms with Crippen molar-refractivity contribution in [3.63, 3.8) is 0 Å². The minimum atomic E-state index is -0.178. The second-order valence-electron chi connectivity index (χ2n) is 8.31. The van der Waals surface area contributed by atoms with Crippen LogP contribution in [-0.2, 0) is 4.79 Å². The summed E-state index contributed by atoms with van der Waals surface area (Å²) in [6.07, 6.45) is 6.56. The van der Waals surface area contributed by atoms with Gasteiger partial charge in [0.2, 0.25) is 0 Å².